The van der Waals surface area contributed by atoms with E-state index in [2.05, 4.69) is 11.8 Å². The summed E-state index contributed by atoms with van der Waals surface area (Å²) in [7, 11) is 0. The molecule has 1 aliphatic heterocycles. The first kappa shape index (κ1) is 14.0. The zero-order valence-corrected chi connectivity index (χ0v) is 12.1. The van der Waals surface area contributed by atoms with Gasteiger partial charge in [0.2, 0.25) is 0 Å². The van der Waals surface area contributed by atoms with Gasteiger partial charge in [0.1, 0.15) is 0 Å². The molecule has 0 bridgehead atoms. The summed E-state index contributed by atoms with van der Waals surface area (Å²) in [6.45, 7) is 6.14. The summed E-state index contributed by atoms with van der Waals surface area (Å²) in [6, 6.07) is 5.59. The molecule has 1 aliphatic rings. The zero-order chi connectivity index (χ0) is 13.0. The number of hydrogen-bond donors (Lipinski definition) is 1. The molecule has 100 valence electrons. The molecule has 0 aromatic heterocycles. The minimum atomic E-state index is 0.279. The summed E-state index contributed by atoms with van der Waals surface area (Å²) in [4.78, 5) is 3.45. The van der Waals surface area contributed by atoms with Crippen LogP contribution in [0.25, 0.3) is 0 Å². The molecule has 2 rings (SSSR count). The van der Waals surface area contributed by atoms with Gasteiger partial charge in [-0.15, -0.1) is 11.8 Å². The van der Waals surface area contributed by atoms with E-state index in [9.17, 15) is 0 Å². The van der Waals surface area contributed by atoms with Gasteiger partial charge in [-0.1, -0.05) is 18.5 Å². The first-order valence-corrected chi connectivity index (χ1v) is 7.57. The van der Waals surface area contributed by atoms with Crippen LogP contribution in [0.15, 0.2) is 23.1 Å². The predicted molar refractivity (Wildman–Crippen MR) is 78.4 cm³/mol. The van der Waals surface area contributed by atoms with Crippen LogP contribution in [0.1, 0.15) is 6.92 Å². The van der Waals surface area contributed by atoms with Gasteiger partial charge in [0.15, 0.2) is 0 Å². The molecule has 1 aromatic rings. The van der Waals surface area contributed by atoms with Gasteiger partial charge in [-0.2, -0.15) is 0 Å². The number of likely N-dealkylation sites (N-methyl/N-ethyl adjacent to an activating group) is 1. The molecule has 0 aliphatic carbocycles. The molecule has 1 fully saturated rings. The van der Waals surface area contributed by atoms with Crippen molar-refractivity contribution in [2.75, 3.05) is 37.7 Å². The lowest BCUT2D eigenvalue weighted by Gasteiger charge is -2.31. The standard InChI is InChI=1S/C13H19ClN2OS/c1-2-16-5-6-17-11(8-16)9-18-13-7-10(15)3-4-12(13)14/h3-4,7,11H,2,5-6,8-9,15H2,1H3. The van der Waals surface area contributed by atoms with Crippen molar-refractivity contribution in [1.82, 2.24) is 4.90 Å². The van der Waals surface area contributed by atoms with Crippen LogP contribution >= 0.6 is 23.4 Å². The van der Waals surface area contributed by atoms with E-state index >= 15 is 0 Å². The van der Waals surface area contributed by atoms with E-state index in [1.54, 1.807) is 11.8 Å². The lowest BCUT2D eigenvalue weighted by Crippen LogP contribution is -2.43. The van der Waals surface area contributed by atoms with Crippen molar-refractivity contribution in [2.24, 2.45) is 0 Å². The Hall–Kier alpha value is -0.420. The summed E-state index contributed by atoms with van der Waals surface area (Å²) in [5.74, 6) is 0.916. The van der Waals surface area contributed by atoms with Gasteiger partial charge in [0, 0.05) is 29.4 Å². The Morgan fingerprint density at radius 1 is 1.56 bits per heavy atom. The maximum Gasteiger partial charge on any atom is 0.0796 e. The van der Waals surface area contributed by atoms with Gasteiger partial charge in [0.25, 0.3) is 0 Å². The fourth-order valence-corrected chi connectivity index (χ4v) is 3.26. The Bertz CT molecular complexity index is 403. The van der Waals surface area contributed by atoms with Gasteiger partial charge in [-0.25, -0.2) is 0 Å². The molecular weight excluding hydrogens is 268 g/mol. The van der Waals surface area contributed by atoms with Crippen molar-refractivity contribution >= 4 is 29.1 Å². The first-order chi connectivity index (χ1) is 8.69. The average molecular weight is 287 g/mol. The van der Waals surface area contributed by atoms with Crippen molar-refractivity contribution < 1.29 is 4.74 Å². The van der Waals surface area contributed by atoms with E-state index in [0.717, 1.165) is 47.6 Å². The van der Waals surface area contributed by atoms with Crippen LogP contribution in [0.2, 0.25) is 5.02 Å². The number of ether oxygens (including phenoxy) is 1. The van der Waals surface area contributed by atoms with Gasteiger partial charge in [-0.3, -0.25) is 4.90 Å². The van der Waals surface area contributed by atoms with Crippen LogP contribution in [0.5, 0.6) is 0 Å². The highest BCUT2D eigenvalue weighted by Gasteiger charge is 2.19. The number of halogens is 1. The third-order valence-electron chi connectivity index (χ3n) is 3.05. The van der Waals surface area contributed by atoms with E-state index in [4.69, 9.17) is 22.1 Å². The fraction of sp³-hybridized carbons (Fsp3) is 0.538. The highest BCUT2D eigenvalue weighted by atomic mass is 35.5. The second-order valence-corrected chi connectivity index (χ2v) is 5.86. The summed E-state index contributed by atoms with van der Waals surface area (Å²) in [6.07, 6.45) is 0.279. The third kappa shape index (κ3) is 3.79. The van der Waals surface area contributed by atoms with E-state index < -0.39 is 0 Å². The minimum absolute atomic E-state index is 0.279. The third-order valence-corrected chi connectivity index (χ3v) is 4.68. The van der Waals surface area contributed by atoms with E-state index in [1.165, 1.54) is 0 Å². The Morgan fingerprint density at radius 3 is 3.17 bits per heavy atom. The number of thioether (sulfide) groups is 1. The van der Waals surface area contributed by atoms with Crippen LogP contribution in [-0.4, -0.2) is 43.0 Å². The highest BCUT2D eigenvalue weighted by molar-refractivity contribution is 7.99. The summed E-state index contributed by atoms with van der Waals surface area (Å²) in [5, 5.41) is 0.761. The molecular formula is C13H19ClN2OS. The fourth-order valence-electron chi connectivity index (χ4n) is 1.98. The summed E-state index contributed by atoms with van der Waals surface area (Å²) >= 11 is 7.86. The number of hydrogen-bond acceptors (Lipinski definition) is 4. The lowest BCUT2D eigenvalue weighted by atomic mass is 10.3. The van der Waals surface area contributed by atoms with Crippen molar-refractivity contribution in [3.63, 3.8) is 0 Å². The molecule has 1 saturated heterocycles. The van der Waals surface area contributed by atoms with Gasteiger partial charge in [-0.05, 0) is 24.7 Å². The van der Waals surface area contributed by atoms with Gasteiger partial charge < -0.3 is 10.5 Å². The lowest BCUT2D eigenvalue weighted by molar-refractivity contribution is -0.0137. The van der Waals surface area contributed by atoms with E-state index in [-0.39, 0.29) is 6.10 Å². The average Bonchev–Trinajstić information content (AvgIpc) is 2.40. The van der Waals surface area contributed by atoms with Gasteiger partial charge >= 0.3 is 0 Å². The molecule has 0 amide bonds. The Morgan fingerprint density at radius 2 is 2.39 bits per heavy atom. The molecule has 2 N–H and O–H groups in total. The zero-order valence-electron chi connectivity index (χ0n) is 10.6. The van der Waals surface area contributed by atoms with Crippen LogP contribution in [0, 0.1) is 0 Å². The molecule has 1 heterocycles. The molecule has 1 aromatic carbocycles. The normalized spacial score (nSPS) is 21.1. The smallest absolute Gasteiger partial charge is 0.0796 e. The van der Waals surface area contributed by atoms with Crippen LogP contribution in [0.4, 0.5) is 5.69 Å². The number of rotatable bonds is 4. The summed E-state index contributed by atoms with van der Waals surface area (Å²) in [5.41, 5.74) is 6.52. The highest BCUT2D eigenvalue weighted by Crippen LogP contribution is 2.30. The number of anilines is 1. The SMILES string of the molecule is CCN1CCOC(CSc2cc(N)ccc2Cl)C1. The van der Waals surface area contributed by atoms with E-state index in [0.29, 0.717) is 0 Å². The predicted octanol–water partition coefficient (Wildman–Crippen LogP) is 2.74. The van der Waals surface area contributed by atoms with Crippen LogP contribution in [0.3, 0.4) is 0 Å². The van der Waals surface area contributed by atoms with Crippen molar-refractivity contribution in [3.8, 4) is 0 Å². The van der Waals surface area contributed by atoms with Crippen LogP contribution < -0.4 is 5.73 Å². The molecule has 0 saturated carbocycles. The minimum Gasteiger partial charge on any atom is -0.399 e. The van der Waals surface area contributed by atoms with Crippen molar-refractivity contribution in [3.05, 3.63) is 23.2 Å². The molecule has 0 radical (unpaired) electrons. The molecule has 5 heteroatoms. The van der Waals surface area contributed by atoms with Crippen molar-refractivity contribution in [2.45, 2.75) is 17.9 Å². The Balaban J connectivity index is 1.89. The molecule has 1 atom stereocenters. The number of morpholine rings is 1. The number of benzene rings is 1. The number of nitrogens with zero attached hydrogens (tertiary/aromatic N) is 1. The summed E-state index contributed by atoms with van der Waals surface area (Å²) < 4.78 is 5.77. The largest absolute Gasteiger partial charge is 0.399 e. The molecule has 3 nitrogen and oxygen atoms in total. The number of nitrogens with two attached hydrogens (primary N) is 1. The second-order valence-electron chi connectivity index (χ2n) is 4.39. The van der Waals surface area contributed by atoms with Crippen LogP contribution in [-0.2, 0) is 4.74 Å². The Kier molecular flexibility index (Phi) is 5.18. The molecule has 1 unspecified atom stereocenters. The second kappa shape index (κ2) is 6.66. The topological polar surface area (TPSA) is 38.5 Å². The van der Waals surface area contributed by atoms with E-state index in [1.807, 2.05) is 18.2 Å². The van der Waals surface area contributed by atoms with Crippen molar-refractivity contribution in [1.29, 1.82) is 0 Å². The Labute approximate surface area is 118 Å². The maximum atomic E-state index is 6.14. The van der Waals surface area contributed by atoms with Gasteiger partial charge in [0.05, 0.1) is 17.7 Å². The first-order valence-electron chi connectivity index (χ1n) is 6.21. The quantitative estimate of drug-likeness (QED) is 0.682. The maximum absolute atomic E-state index is 6.14. The number of nitrogen functional groups attached to an aromatic ring is 1. The molecule has 0 spiro atoms. The molecule has 18 heavy (non-hydrogen) atoms. The monoisotopic (exact) mass is 286 g/mol.